The van der Waals surface area contributed by atoms with Crippen LogP contribution < -0.4 is 10.6 Å². The molecule has 0 aliphatic heterocycles. The fourth-order valence-electron chi connectivity index (χ4n) is 2.66. The average molecular weight is 294 g/mol. The molecule has 1 aliphatic carbocycles. The van der Waals surface area contributed by atoms with Gasteiger partial charge in [-0.05, 0) is 42.9 Å². The Labute approximate surface area is 122 Å². The highest BCUT2D eigenvalue weighted by Gasteiger charge is 2.31. The van der Waals surface area contributed by atoms with Crippen molar-refractivity contribution in [1.29, 1.82) is 0 Å². The summed E-state index contributed by atoms with van der Waals surface area (Å²) in [5.74, 6) is -1.84. The highest BCUT2D eigenvalue weighted by Crippen LogP contribution is 2.36. The summed E-state index contributed by atoms with van der Waals surface area (Å²) in [5.41, 5.74) is -0.00904. The van der Waals surface area contributed by atoms with Crippen molar-refractivity contribution in [2.75, 3.05) is 5.32 Å². The molecule has 114 valence electrons. The molecule has 1 aromatic carbocycles. The molecule has 21 heavy (non-hydrogen) atoms. The molecule has 0 spiro atoms. The first-order valence-corrected chi connectivity index (χ1v) is 6.87. The zero-order chi connectivity index (χ0) is 15.6. The molecule has 1 saturated carbocycles. The average Bonchev–Trinajstić information content (AvgIpc) is 2.71. The zero-order valence-electron chi connectivity index (χ0n) is 12.1. The minimum absolute atomic E-state index is 0.0608. The van der Waals surface area contributed by atoms with Gasteiger partial charge in [0.2, 0.25) is 0 Å². The smallest absolute Gasteiger partial charge is 0.335 e. The molecular formula is C15H19FN2O3. The number of aromatic carboxylic acids is 1. The van der Waals surface area contributed by atoms with Gasteiger partial charge in [0.1, 0.15) is 5.82 Å². The summed E-state index contributed by atoms with van der Waals surface area (Å²) in [6.07, 6.45) is 2.79. The van der Waals surface area contributed by atoms with Gasteiger partial charge in [-0.2, -0.15) is 0 Å². The van der Waals surface area contributed by atoms with Gasteiger partial charge in [-0.25, -0.2) is 14.0 Å². The Kier molecular flexibility index (Phi) is 4.16. The number of hydrogen-bond donors (Lipinski definition) is 3. The van der Waals surface area contributed by atoms with E-state index in [4.69, 9.17) is 5.11 Å². The Morgan fingerprint density at radius 1 is 1.38 bits per heavy atom. The van der Waals surface area contributed by atoms with E-state index in [2.05, 4.69) is 24.5 Å². The van der Waals surface area contributed by atoms with Crippen molar-refractivity contribution in [3.8, 4) is 0 Å². The molecule has 5 nitrogen and oxygen atoms in total. The lowest BCUT2D eigenvalue weighted by molar-refractivity contribution is 0.0697. The van der Waals surface area contributed by atoms with E-state index in [1.165, 1.54) is 0 Å². The van der Waals surface area contributed by atoms with Gasteiger partial charge in [0.25, 0.3) is 0 Å². The SMILES string of the molecule is CC1(C)CCC(NC(=O)Nc2cc(C(=O)O)ccc2F)C1. The maximum absolute atomic E-state index is 13.6. The maximum Gasteiger partial charge on any atom is 0.335 e. The predicted octanol–water partition coefficient (Wildman–Crippen LogP) is 3.22. The lowest BCUT2D eigenvalue weighted by Crippen LogP contribution is -2.37. The summed E-state index contributed by atoms with van der Waals surface area (Å²) >= 11 is 0. The van der Waals surface area contributed by atoms with Crippen LogP contribution in [0.3, 0.4) is 0 Å². The summed E-state index contributed by atoms with van der Waals surface area (Å²) in [7, 11) is 0. The molecule has 3 N–H and O–H groups in total. The molecule has 0 radical (unpaired) electrons. The van der Waals surface area contributed by atoms with E-state index in [9.17, 15) is 14.0 Å². The first-order valence-electron chi connectivity index (χ1n) is 6.87. The van der Waals surface area contributed by atoms with Gasteiger partial charge < -0.3 is 15.7 Å². The molecule has 2 amide bonds. The summed E-state index contributed by atoms with van der Waals surface area (Å²) in [6.45, 7) is 4.28. The topological polar surface area (TPSA) is 78.4 Å². The first-order chi connectivity index (χ1) is 9.77. The van der Waals surface area contributed by atoms with Gasteiger partial charge in [0, 0.05) is 6.04 Å². The Bertz CT molecular complexity index is 572. The molecule has 0 heterocycles. The number of rotatable bonds is 3. The number of nitrogens with one attached hydrogen (secondary N) is 2. The van der Waals surface area contributed by atoms with E-state index in [1.807, 2.05) is 0 Å². The number of benzene rings is 1. The number of amides is 2. The van der Waals surface area contributed by atoms with E-state index >= 15 is 0 Å². The largest absolute Gasteiger partial charge is 0.478 e. The number of urea groups is 1. The number of hydrogen-bond acceptors (Lipinski definition) is 2. The van der Waals surface area contributed by atoms with Crippen molar-refractivity contribution in [1.82, 2.24) is 5.32 Å². The quantitative estimate of drug-likeness (QED) is 0.801. The molecule has 1 unspecified atom stereocenters. The van der Waals surface area contributed by atoms with Crippen LogP contribution in [0.25, 0.3) is 0 Å². The van der Waals surface area contributed by atoms with Crippen LogP contribution in [0, 0.1) is 11.2 Å². The monoisotopic (exact) mass is 294 g/mol. The molecule has 0 saturated heterocycles. The van der Waals surface area contributed by atoms with Crippen LogP contribution in [0.1, 0.15) is 43.5 Å². The third-order valence-corrected chi connectivity index (χ3v) is 3.77. The number of carboxylic acids is 1. The second-order valence-electron chi connectivity index (χ2n) is 6.20. The van der Waals surface area contributed by atoms with E-state index < -0.39 is 17.8 Å². The van der Waals surface area contributed by atoms with E-state index in [-0.39, 0.29) is 22.7 Å². The second kappa shape index (κ2) is 5.71. The summed E-state index contributed by atoms with van der Waals surface area (Å²) in [5, 5.41) is 14.0. The van der Waals surface area contributed by atoms with Gasteiger partial charge in [0.05, 0.1) is 11.3 Å². The molecule has 1 atom stereocenters. The second-order valence-corrected chi connectivity index (χ2v) is 6.20. The lowest BCUT2D eigenvalue weighted by Gasteiger charge is -2.18. The predicted molar refractivity (Wildman–Crippen MR) is 76.9 cm³/mol. The van der Waals surface area contributed by atoms with Crippen LogP contribution >= 0.6 is 0 Å². The van der Waals surface area contributed by atoms with Crippen molar-refractivity contribution in [3.63, 3.8) is 0 Å². The number of carbonyl (C=O) groups excluding carboxylic acids is 1. The first kappa shape index (κ1) is 15.3. The lowest BCUT2D eigenvalue weighted by atomic mass is 9.92. The van der Waals surface area contributed by atoms with Crippen LogP contribution in [0.5, 0.6) is 0 Å². The molecule has 1 fully saturated rings. The van der Waals surface area contributed by atoms with Crippen molar-refractivity contribution in [2.45, 2.75) is 39.2 Å². The molecule has 0 bridgehead atoms. The van der Waals surface area contributed by atoms with Crippen LogP contribution in [0.2, 0.25) is 0 Å². The molecular weight excluding hydrogens is 275 g/mol. The van der Waals surface area contributed by atoms with E-state index in [0.29, 0.717) is 0 Å². The van der Waals surface area contributed by atoms with Gasteiger partial charge in [-0.1, -0.05) is 13.8 Å². The molecule has 0 aromatic heterocycles. The highest BCUT2D eigenvalue weighted by atomic mass is 19.1. The van der Waals surface area contributed by atoms with Crippen molar-refractivity contribution in [3.05, 3.63) is 29.6 Å². The summed E-state index contributed by atoms with van der Waals surface area (Å²) < 4.78 is 13.6. The van der Waals surface area contributed by atoms with Gasteiger partial charge >= 0.3 is 12.0 Å². The van der Waals surface area contributed by atoms with E-state index in [1.54, 1.807) is 0 Å². The standard InChI is InChI=1S/C15H19FN2O3/c1-15(2)6-5-10(8-15)17-14(21)18-12-7-9(13(19)20)3-4-11(12)16/h3-4,7,10H,5-6,8H2,1-2H3,(H,19,20)(H2,17,18,21). The molecule has 1 aromatic rings. The number of anilines is 1. The van der Waals surface area contributed by atoms with Gasteiger partial charge in [-0.3, -0.25) is 0 Å². The molecule has 1 aliphatic rings. The van der Waals surface area contributed by atoms with Crippen LogP contribution in [0.4, 0.5) is 14.9 Å². The fraction of sp³-hybridized carbons (Fsp3) is 0.467. The third-order valence-electron chi connectivity index (χ3n) is 3.77. The summed E-state index contributed by atoms with van der Waals surface area (Å²) in [4.78, 5) is 22.7. The van der Waals surface area contributed by atoms with Crippen molar-refractivity contribution < 1.29 is 19.1 Å². The fourth-order valence-corrected chi connectivity index (χ4v) is 2.66. The van der Waals surface area contributed by atoms with Gasteiger partial charge in [0.15, 0.2) is 0 Å². The minimum atomic E-state index is -1.17. The Morgan fingerprint density at radius 3 is 2.67 bits per heavy atom. The third kappa shape index (κ3) is 3.93. The van der Waals surface area contributed by atoms with Gasteiger partial charge in [-0.15, -0.1) is 0 Å². The van der Waals surface area contributed by atoms with Crippen molar-refractivity contribution >= 4 is 17.7 Å². The molecule has 2 rings (SSSR count). The number of carbonyl (C=O) groups is 2. The minimum Gasteiger partial charge on any atom is -0.478 e. The Hall–Kier alpha value is -2.11. The zero-order valence-corrected chi connectivity index (χ0v) is 12.1. The number of carboxylic acid groups (broad SMARTS) is 1. The maximum atomic E-state index is 13.6. The van der Waals surface area contributed by atoms with Crippen LogP contribution in [-0.4, -0.2) is 23.1 Å². The summed E-state index contributed by atoms with van der Waals surface area (Å²) in [6, 6.07) is 2.83. The van der Waals surface area contributed by atoms with Crippen LogP contribution in [-0.2, 0) is 0 Å². The normalized spacial score (nSPS) is 20.0. The van der Waals surface area contributed by atoms with Crippen LogP contribution in [0.15, 0.2) is 18.2 Å². The van der Waals surface area contributed by atoms with Crippen molar-refractivity contribution in [2.24, 2.45) is 5.41 Å². The Balaban J connectivity index is 2.00. The van der Waals surface area contributed by atoms with E-state index in [0.717, 1.165) is 37.5 Å². The molecule has 6 heteroatoms. The Morgan fingerprint density at radius 2 is 2.10 bits per heavy atom. The highest BCUT2D eigenvalue weighted by molar-refractivity contribution is 5.93. The number of halogens is 1.